The van der Waals surface area contributed by atoms with E-state index in [0.29, 0.717) is 12.5 Å². The van der Waals surface area contributed by atoms with Crippen LogP contribution in [0, 0.1) is 5.92 Å². The molecule has 17 heavy (non-hydrogen) atoms. The first kappa shape index (κ1) is 13.0. The number of rotatable bonds is 3. The second kappa shape index (κ2) is 5.96. The number of morpholine rings is 1. The number of ether oxygens (including phenoxy) is 1. The van der Waals surface area contributed by atoms with E-state index in [-0.39, 0.29) is 18.2 Å². The molecule has 0 aromatic rings. The second-order valence-corrected chi connectivity index (χ2v) is 6.05. The molecule has 2 heterocycles. The fourth-order valence-electron chi connectivity index (χ4n) is 2.18. The third-order valence-corrected chi connectivity index (χ3v) is 4.73. The lowest BCUT2D eigenvalue weighted by molar-refractivity contribution is -0.0646. The van der Waals surface area contributed by atoms with Crippen molar-refractivity contribution in [1.29, 1.82) is 0 Å². The standard InChI is InChI=1S/C12H22N2O2S/c1-3-11-6-14(5-9(2)16-11)12(15)13-4-10-7-17-8-10/h9-11H,3-8H2,1-2H3,(H,13,15). The molecule has 4 nitrogen and oxygen atoms in total. The van der Waals surface area contributed by atoms with Crippen LogP contribution in [0.15, 0.2) is 0 Å². The molecule has 2 fully saturated rings. The maximum Gasteiger partial charge on any atom is 0.317 e. The van der Waals surface area contributed by atoms with Gasteiger partial charge in [0, 0.05) is 19.6 Å². The molecule has 2 aliphatic rings. The number of nitrogens with one attached hydrogen (secondary N) is 1. The van der Waals surface area contributed by atoms with E-state index >= 15 is 0 Å². The van der Waals surface area contributed by atoms with Crippen molar-refractivity contribution in [3.8, 4) is 0 Å². The summed E-state index contributed by atoms with van der Waals surface area (Å²) in [5.41, 5.74) is 0. The molecule has 0 aromatic carbocycles. The van der Waals surface area contributed by atoms with Gasteiger partial charge in [-0.25, -0.2) is 4.79 Å². The van der Waals surface area contributed by atoms with Crippen molar-refractivity contribution in [1.82, 2.24) is 10.2 Å². The summed E-state index contributed by atoms with van der Waals surface area (Å²) in [5.74, 6) is 3.07. The van der Waals surface area contributed by atoms with Gasteiger partial charge < -0.3 is 15.0 Å². The summed E-state index contributed by atoms with van der Waals surface area (Å²) in [6.07, 6.45) is 1.32. The maximum absolute atomic E-state index is 12.0. The van der Waals surface area contributed by atoms with E-state index < -0.39 is 0 Å². The van der Waals surface area contributed by atoms with Gasteiger partial charge >= 0.3 is 6.03 Å². The topological polar surface area (TPSA) is 41.6 Å². The number of thioether (sulfide) groups is 1. The molecular weight excluding hydrogens is 236 g/mol. The van der Waals surface area contributed by atoms with Crippen LogP contribution in [0.2, 0.25) is 0 Å². The van der Waals surface area contributed by atoms with E-state index in [9.17, 15) is 4.79 Å². The van der Waals surface area contributed by atoms with Crippen LogP contribution in [0.3, 0.4) is 0 Å². The molecule has 2 unspecified atom stereocenters. The van der Waals surface area contributed by atoms with Gasteiger partial charge in [-0.3, -0.25) is 0 Å². The second-order valence-electron chi connectivity index (χ2n) is 4.97. The summed E-state index contributed by atoms with van der Waals surface area (Å²) < 4.78 is 5.75. The number of hydrogen-bond donors (Lipinski definition) is 1. The Bertz CT molecular complexity index is 271. The van der Waals surface area contributed by atoms with E-state index in [1.807, 2.05) is 23.6 Å². The first-order chi connectivity index (χ1) is 8.19. The summed E-state index contributed by atoms with van der Waals surface area (Å²) in [6.45, 7) is 6.40. The van der Waals surface area contributed by atoms with Crippen molar-refractivity contribution in [2.75, 3.05) is 31.1 Å². The first-order valence-corrected chi connectivity index (χ1v) is 7.60. The smallest absolute Gasteiger partial charge is 0.317 e. The van der Waals surface area contributed by atoms with Crippen molar-refractivity contribution in [3.63, 3.8) is 0 Å². The predicted octanol–water partition coefficient (Wildman–Crippen LogP) is 1.56. The van der Waals surface area contributed by atoms with Gasteiger partial charge in [-0.1, -0.05) is 6.92 Å². The van der Waals surface area contributed by atoms with Crippen molar-refractivity contribution in [3.05, 3.63) is 0 Å². The minimum Gasteiger partial charge on any atom is -0.372 e. The summed E-state index contributed by atoms with van der Waals surface area (Å²) in [7, 11) is 0. The normalized spacial score (nSPS) is 29.9. The Morgan fingerprint density at radius 1 is 1.47 bits per heavy atom. The summed E-state index contributed by atoms with van der Waals surface area (Å²) in [5, 5.41) is 3.04. The van der Waals surface area contributed by atoms with Gasteiger partial charge in [0.15, 0.2) is 0 Å². The van der Waals surface area contributed by atoms with E-state index in [0.717, 1.165) is 19.5 Å². The van der Waals surface area contributed by atoms with Gasteiger partial charge in [-0.2, -0.15) is 11.8 Å². The van der Waals surface area contributed by atoms with Crippen molar-refractivity contribution in [2.45, 2.75) is 32.5 Å². The van der Waals surface area contributed by atoms with E-state index in [1.54, 1.807) is 0 Å². The number of nitrogens with zero attached hydrogens (tertiary/aromatic N) is 1. The molecule has 0 radical (unpaired) electrons. The summed E-state index contributed by atoms with van der Waals surface area (Å²) in [4.78, 5) is 13.9. The fraction of sp³-hybridized carbons (Fsp3) is 0.917. The molecule has 0 spiro atoms. The molecule has 5 heteroatoms. The highest BCUT2D eigenvalue weighted by molar-refractivity contribution is 8.00. The molecular formula is C12H22N2O2S. The third-order valence-electron chi connectivity index (χ3n) is 3.32. The average Bonchev–Trinajstić information content (AvgIpc) is 2.25. The Morgan fingerprint density at radius 3 is 2.82 bits per heavy atom. The molecule has 2 aliphatic heterocycles. The van der Waals surface area contributed by atoms with Crippen LogP contribution in [0.4, 0.5) is 4.79 Å². The van der Waals surface area contributed by atoms with Crippen LogP contribution in [-0.4, -0.2) is 54.3 Å². The molecule has 1 N–H and O–H groups in total. The first-order valence-electron chi connectivity index (χ1n) is 6.45. The average molecular weight is 258 g/mol. The van der Waals surface area contributed by atoms with Gasteiger partial charge in [0.2, 0.25) is 0 Å². The zero-order chi connectivity index (χ0) is 12.3. The van der Waals surface area contributed by atoms with Crippen LogP contribution in [0.5, 0.6) is 0 Å². The number of hydrogen-bond acceptors (Lipinski definition) is 3. The minimum atomic E-state index is 0.0792. The Hall–Kier alpha value is -0.420. The minimum absolute atomic E-state index is 0.0792. The van der Waals surface area contributed by atoms with Gasteiger partial charge in [0.25, 0.3) is 0 Å². The van der Waals surface area contributed by atoms with Gasteiger partial charge in [-0.05, 0) is 30.8 Å². The molecule has 0 bridgehead atoms. The Labute approximate surface area is 107 Å². The molecule has 0 aromatic heterocycles. The number of urea groups is 1. The van der Waals surface area contributed by atoms with Crippen LogP contribution in [0.1, 0.15) is 20.3 Å². The maximum atomic E-state index is 12.0. The van der Waals surface area contributed by atoms with E-state index in [2.05, 4.69) is 12.2 Å². The van der Waals surface area contributed by atoms with Crippen molar-refractivity contribution in [2.24, 2.45) is 5.92 Å². The highest BCUT2D eigenvalue weighted by Gasteiger charge is 2.28. The number of carbonyl (C=O) groups excluding carboxylic acids is 1. The Kier molecular flexibility index (Phi) is 4.56. The molecule has 98 valence electrons. The highest BCUT2D eigenvalue weighted by atomic mass is 32.2. The monoisotopic (exact) mass is 258 g/mol. The molecule has 2 amide bonds. The lowest BCUT2D eigenvalue weighted by atomic mass is 10.2. The van der Waals surface area contributed by atoms with Crippen LogP contribution < -0.4 is 5.32 Å². The zero-order valence-corrected chi connectivity index (χ0v) is 11.5. The number of amides is 2. The van der Waals surface area contributed by atoms with Crippen molar-refractivity contribution < 1.29 is 9.53 Å². The van der Waals surface area contributed by atoms with Gasteiger partial charge in [0.05, 0.1) is 12.2 Å². The van der Waals surface area contributed by atoms with Crippen LogP contribution in [-0.2, 0) is 4.74 Å². The van der Waals surface area contributed by atoms with E-state index in [4.69, 9.17) is 4.74 Å². The lowest BCUT2D eigenvalue weighted by Crippen LogP contribution is -2.53. The SMILES string of the molecule is CCC1CN(C(=O)NCC2CSC2)CC(C)O1. The predicted molar refractivity (Wildman–Crippen MR) is 70.4 cm³/mol. The van der Waals surface area contributed by atoms with Crippen molar-refractivity contribution >= 4 is 17.8 Å². The van der Waals surface area contributed by atoms with Gasteiger partial charge in [0.1, 0.15) is 0 Å². The highest BCUT2D eigenvalue weighted by Crippen LogP contribution is 2.23. The third kappa shape index (κ3) is 3.52. The largest absolute Gasteiger partial charge is 0.372 e. The Morgan fingerprint density at radius 2 is 2.24 bits per heavy atom. The van der Waals surface area contributed by atoms with E-state index in [1.165, 1.54) is 11.5 Å². The van der Waals surface area contributed by atoms with Crippen LogP contribution >= 0.6 is 11.8 Å². The summed E-state index contributed by atoms with van der Waals surface area (Å²) in [6, 6.07) is 0.0792. The summed E-state index contributed by atoms with van der Waals surface area (Å²) >= 11 is 1.95. The molecule has 0 saturated carbocycles. The lowest BCUT2D eigenvalue weighted by Gasteiger charge is -2.37. The number of carbonyl (C=O) groups is 1. The molecule has 2 saturated heterocycles. The quantitative estimate of drug-likeness (QED) is 0.835. The molecule has 0 aliphatic carbocycles. The fourth-order valence-corrected chi connectivity index (χ4v) is 2.99. The van der Waals surface area contributed by atoms with Gasteiger partial charge in [-0.15, -0.1) is 0 Å². The molecule has 2 atom stereocenters. The Balaban J connectivity index is 1.76. The zero-order valence-electron chi connectivity index (χ0n) is 10.6. The molecule has 2 rings (SSSR count). The van der Waals surface area contributed by atoms with Crippen LogP contribution in [0.25, 0.3) is 0 Å².